The third kappa shape index (κ3) is 22.2. The predicted molar refractivity (Wildman–Crippen MR) is 116 cm³/mol. The SMILES string of the molecule is CCCCC/C=C\C/C=C\C/C=C\CCCCCCCCC(=O)OCC(=O)O. The number of rotatable bonds is 19. The van der Waals surface area contributed by atoms with Gasteiger partial charge in [0, 0.05) is 6.42 Å². The van der Waals surface area contributed by atoms with Gasteiger partial charge in [0.05, 0.1) is 0 Å². The molecule has 0 aromatic rings. The molecule has 0 aliphatic heterocycles. The molecule has 28 heavy (non-hydrogen) atoms. The van der Waals surface area contributed by atoms with Crippen LogP contribution in [0, 0.1) is 0 Å². The summed E-state index contributed by atoms with van der Waals surface area (Å²) < 4.78 is 4.59. The number of aliphatic carboxylic acids is 1. The Hall–Kier alpha value is -1.84. The number of carboxylic acids is 1. The summed E-state index contributed by atoms with van der Waals surface area (Å²) in [5, 5.41) is 8.41. The zero-order valence-electron chi connectivity index (χ0n) is 17.7. The van der Waals surface area contributed by atoms with Crippen molar-refractivity contribution >= 4 is 11.9 Å². The van der Waals surface area contributed by atoms with E-state index in [1.807, 2.05) is 0 Å². The van der Waals surface area contributed by atoms with Gasteiger partial charge in [-0.25, -0.2) is 4.79 Å². The fourth-order valence-corrected chi connectivity index (χ4v) is 2.74. The molecule has 0 heterocycles. The van der Waals surface area contributed by atoms with Crippen molar-refractivity contribution in [1.82, 2.24) is 0 Å². The van der Waals surface area contributed by atoms with Crippen LogP contribution in [0.15, 0.2) is 36.5 Å². The second-order valence-electron chi connectivity index (χ2n) is 7.10. The van der Waals surface area contributed by atoms with Crippen molar-refractivity contribution in [1.29, 1.82) is 0 Å². The summed E-state index contributed by atoms with van der Waals surface area (Å²) in [5.41, 5.74) is 0. The van der Waals surface area contributed by atoms with Crippen LogP contribution < -0.4 is 0 Å². The lowest BCUT2D eigenvalue weighted by atomic mass is 10.1. The van der Waals surface area contributed by atoms with Crippen LogP contribution in [0.4, 0.5) is 0 Å². The Labute approximate surface area is 171 Å². The monoisotopic (exact) mass is 392 g/mol. The summed E-state index contributed by atoms with van der Waals surface area (Å²) in [7, 11) is 0. The summed E-state index contributed by atoms with van der Waals surface area (Å²) in [5.74, 6) is -1.52. The smallest absolute Gasteiger partial charge is 0.341 e. The quantitative estimate of drug-likeness (QED) is 0.150. The summed E-state index contributed by atoms with van der Waals surface area (Å²) >= 11 is 0. The van der Waals surface area contributed by atoms with Crippen molar-refractivity contribution in [2.45, 2.75) is 96.8 Å². The van der Waals surface area contributed by atoms with Gasteiger partial charge in [-0.15, -0.1) is 0 Å². The Bertz CT molecular complexity index is 463. The fourth-order valence-electron chi connectivity index (χ4n) is 2.74. The second-order valence-corrected chi connectivity index (χ2v) is 7.10. The number of carbonyl (C=O) groups excluding carboxylic acids is 1. The lowest BCUT2D eigenvalue weighted by molar-refractivity contribution is -0.155. The van der Waals surface area contributed by atoms with E-state index in [1.165, 1.54) is 44.9 Å². The third-order valence-electron chi connectivity index (χ3n) is 4.38. The molecular weight excluding hydrogens is 352 g/mol. The number of allylic oxidation sites excluding steroid dienone is 6. The normalized spacial score (nSPS) is 11.8. The molecule has 0 radical (unpaired) electrons. The van der Waals surface area contributed by atoms with Crippen LogP contribution >= 0.6 is 0 Å². The van der Waals surface area contributed by atoms with Gasteiger partial charge in [-0.05, 0) is 44.9 Å². The van der Waals surface area contributed by atoms with Gasteiger partial charge < -0.3 is 9.84 Å². The van der Waals surface area contributed by atoms with E-state index >= 15 is 0 Å². The average Bonchev–Trinajstić information content (AvgIpc) is 2.68. The van der Waals surface area contributed by atoms with Crippen molar-refractivity contribution in [3.05, 3.63) is 36.5 Å². The Morgan fingerprint density at radius 3 is 1.79 bits per heavy atom. The highest BCUT2D eigenvalue weighted by molar-refractivity contribution is 5.75. The van der Waals surface area contributed by atoms with Gasteiger partial charge >= 0.3 is 11.9 Å². The molecule has 0 aliphatic rings. The molecule has 0 aliphatic carbocycles. The van der Waals surface area contributed by atoms with Gasteiger partial charge in [-0.3, -0.25) is 4.79 Å². The van der Waals surface area contributed by atoms with Crippen LogP contribution in [0.5, 0.6) is 0 Å². The van der Waals surface area contributed by atoms with Crippen molar-refractivity contribution in [2.75, 3.05) is 6.61 Å². The number of carboxylic acid groups (broad SMARTS) is 1. The average molecular weight is 393 g/mol. The number of carbonyl (C=O) groups is 2. The summed E-state index contributed by atoms with van der Waals surface area (Å²) in [6, 6.07) is 0. The molecule has 0 aromatic carbocycles. The van der Waals surface area contributed by atoms with Gasteiger partial charge in [0.25, 0.3) is 0 Å². The number of hydrogen-bond acceptors (Lipinski definition) is 3. The minimum atomic E-state index is -1.11. The number of hydrogen-bond donors (Lipinski definition) is 1. The Kier molecular flexibility index (Phi) is 20.0. The van der Waals surface area contributed by atoms with Crippen LogP contribution in [0.3, 0.4) is 0 Å². The highest BCUT2D eigenvalue weighted by atomic mass is 16.5. The van der Waals surface area contributed by atoms with E-state index in [0.29, 0.717) is 6.42 Å². The van der Waals surface area contributed by atoms with Crippen LogP contribution in [0.25, 0.3) is 0 Å². The number of ether oxygens (including phenoxy) is 1. The predicted octanol–water partition coefficient (Wildman–Crippen LogP) is 6.76. The van der Waals surface area contributed by atoms with Crippen molar-refractivity contribution < 1.29 is 19.4 Å². The first kappa shape index (κ1) is 26.2. The maximum absolute atomic E-state index is 11.2. The second kappa shape index (κ2) is 21.5. The molecule has 0 atom stereocenters. The van der Waals surface area contributed by atoms with Crippen LogP contribution in [-0.4, -0.2) is 23.7 Å². The zero-order valence-corrected chi connectivity index (χ0v) is 17.7. The molecule has 4 nitrogen and oxygen atoms in total. The summed E-state index contributed by atoms with van der Waals surface area (Å²) in [4.78, 5) is 21.5. The number of unbranched alkanes of at least 4 members (excludes halogenated alkanes) is 9. The van der Waals surface area contributed by atoms with E-state index in [-0.39, 0.29) is 0 Å². The minimum absolute atomic E-state index is 0.318. The van der Waals surface area contributed by atoms with Crippen molar-refractivity contribution in [3.63, 3.8) is 0 Å². The van der Waals surface area contributed by atoms with Gasteiger partial charge in [0.1, 0.15) is 0 Å². The van der Waals surface area contributed by atoms with E-state index < -0.39 is 18.5 Å². The fraction of sp³-hybridized carbons (Fsp3) is 0.667. The first-order valence-electron chi connectivity index (χ1n) is 11.0. The molecule has 4 heteroatoms. The Balaban J connectivity index is 3.32. The molecule has 0 saturated heterocycles. The Morgan fingerprint density at radius 2 is 1.21 bits per heavy atom. The zero-order chi connectivity index (χ0) is 20.7. The van der Waals surface area contributed by atoms with Crippen molar-refractivity contribution in [2.24, 2.45) is 0 Å². The first-order chi connectivity index (χ1) is 13.7. The van der Waals surface area contributed by atoms with E-state index in [0.717, 1.165) is 38.5 Å². The lowest BCUT2D eigenvalue weighted by Gasteiger charge is -2.02. The number of esters is 1. The third-order valence-corrected chi connectivity index (χ3v) is 4.38. The molecule has 0 saturated carbocycles. The van der Waals surface area contributed by atoms with E-state index in [9.17, 15) is 9.59 Å². The lowest BCUT2D eigenvalue weighted by Crippen LogP contribution is -2.12. The van der Waals surface area contributed by atoms with E-state index in [2.05, 4.69) is 48.1 Å². The maximum atomic E-state index is 11.2. The van der Waals surface area contributed by atoms with Gasteiger partial charge in [-0.2, -0.15) is 0 Å². The van der Waals surface area contributed by atoms with Gasteiger partial charge in [-0.1, -0.05) is 81.9 Å². The molecule has 0 rings (SSSR count). The van der Waals surface area contributed by atoms with Crippen LogP contribution in [-0.2, 0) is 14.3 Å². The van der Waals surface area contributed by atoms with Crippen LogP contribution in [0.1, 0.15) is 96.8 Å². The van der Waals surface area contributed by atoms with E-state index in [4.69, 9.17) is 5.11 Å². The Morgan fingerprint density at radius 1 is 0.714 bits per heavy atom. The topological polar surface area (TPSA) is 63.6 Å². The maximum Gasteiger partial charge on any atom is 0.341 e. The highest BCUT2D eigenvalue weighted by Crippen LogP contribution is 2.09. The summed E-state index contributed by atoms with van der Waals surface area (Å²) in [6.07, 6.45) is 28.7. The molecule has 0 unspecified atom stereocenters. The molecule has 0 aromatic heterocycles. The molecular formula is C24H40O4. The van der Waals surface area contributed by atoms with E-state index in [1.54, 1.807) is 0 Å². The standard InChI is InChI=1S/C24H40O4/c1-2-3-4-5-6-7-8-9-10-11-12-13-14-15-16-17-18-19-20-21-24(27)28-22-23(25)26/h6-7,9-10,12-13H,2-5,8,11,14-22H2,1H3,(H,25,26)/b7-6-,10-9-,13-12-. The molecule has 160 valence electrons. The minimum Gasteiger partial charge on any atom is -0.479 e. The van der Waals surface area contributed by atoms with Gasteiger partial charge in [0.15, 0.2) is 6.61 Å². The summed E-state index contributed by atoms with van der Waals surface area (Å²) in [6.45, 7) is 1.70. The molecule has 0 fully saturated rings. The molecule has 1 N–H and O–H groups in total. The van der Waals surface area contributed by atoms with Crippen LogP contribution in [0.2, 0.25) is 0 Å². The van der Waals surface area contributed by atoms with Crippen molar-refractivity contribution in [3.8, 4) is 0 Å². The first-order valence-corrected chi connectivity index (χ1v) is 11.0. The molecule has 0 bridgehead atoms. The molecule has 0 spiro atoms. The largest absolute Gasteiger partial charge is 0.479 e. The molecule has 0 amide bonds. The van der Waals surface area contributed by atoms with Gasteiger partial charge in [0.2, 0.25) is 0 Å². The highest BCUT2D eigenvalue weighted by Gasteiger charge is 2.05.